The maximum Gasteiger partial charge on any atom is 0.303 e. The number of nitro groups is 2. The van der Waals surface area contributed by atoms with E-state index in [9.17, 15) is 29.8 Å². The summed E-state index contributed by atoms with van der Waals surface area (Å²) in [5, 5.41) is 28.3. The van der Waals surface area contributed by atoms with E-state index in [-0.39, 0.29) is 36.5 Å². The molecule has 3 N–H and O–H groups in total. The van der Waals surface area contributed by atoms with E-state index >= 15 is 0 Å². The molecule has 1 aliphatic heterocycles. The zero-order valence-corrected chi connectivity index (χ0v) is 28.8. The summed E-state index contributed by atoms with van der Waals surface area (Å²) in [6.07, 6.45) is 6.54. The largest absolute Gasteiger partial charge is 0.481 e. The van der Waals surface area contributed by atoms with Gasteiger partial charge >= 0.3 is 5.97 Å². The Morgan fingerprint density at radius 3 is 1.61 bits per heavy atom. The van der Waals surface area contributed by atoms with Crippen LogP contribution in [0.4, 0.5) is 0 Å². The van der Waals surface area contributed by atoms with Gasteiger partial charge in [0.25, 0.3) is 6.04 Å². The van der Waals surface area contributed by atoms with Crippen LogP contribution in [0.15, 0.2) is 107 Å². The first kappa shape index (κ1) is 41.8. The molecule has 0 bridgehead atoms. The van der Waals surface area contributed by atoms with Crippen molar-refractivity contribution in [3.63, 3.8) is 0 Å². The van der Waals surface area contributed by atoms with Gasteiger partial charge in [0, 0.05) is 47.6 Å². The average molecular weight is 675 g/mol. The van der Waals surface area contributed by atoms with Crippen LogP contribution >= 0.6 is 0 Å². The number of aryl methyl sites for hydroxylation is 3. The minimum absolute atomic E-state index is 0.0972. The number of amidine groups is 1. The summed E-state index contributed by atoms with van der Waals surface area (Å²) in [6, 6.07) is 28.6. The Kier molecular flexibility index (Phi) is 21.3. The highest BCUT2D eigenvalue weighted by Crippen LogP contribution is 2.24. The molecule has 0 amide bonds. The molecule has 4 rings (SSSR count). The van der Waals surface area contributed by atoms with Crippen molar-refractivity contribution in [2.75, 3.05) is 6.54 Å². The summed E-state index contributed by atoms with van der Waals surface area (Å²) < 4.78 is 0. The standard InChI is InChI=1S/C14H18N2.C12H15NO3.C9H10O2.C3H7NO2/c1-2-12-10-14(15)16-13(12)9-8-11-6-4-3-5-7-11;1-2-11(13(15)16)12(14)9-8-10-6-4-3-5-7-10;10-9(11)7-6-8-4-2-1-3-5-8;1-2-3-4(5)6/h3-7H,2,8-10H2,1H3,(H2,15,16);3-7,11H,2,8-9H2,1H3;1-5H,6-7H2,(H,10,11);2-3H2,1H3. The first-order valence-electron chi connectivity index (χ1n) is 16.7. The molecule has 0 radical (unpaired) electrons. The number of benzene rings is 3. The van der Waals surface area contributed by atoms with Crippen molar-refractivity contribution in [1.29, 1.82) is 0 Å². The number of Topliss-reactive ketones (excluding diaryl/α,β-unsaturated/α-hetero) is 1. The number of nitrogens with two attached hydrogens (primary N) is 1. The fourth-order valence-electron chi connectivity index (χ4n) is 4.73. The number of hydrogen-bond donors (Lipinski definition) is 2. The van der Waals surface area contributed by atoms with E-state index in [1.807, 2.05) is 66.7 Å². The highest BCUT2D eigenvalue weighted by Gasteiger charge is 2.26. The Hall–Kier alpha value is -5.19. The molecule has 0 spiro atoms. The number of carboxylic acids is 1. The molecule has 0 aromatic heterocycles. The number of carboxylic acid groups (broad SMARTS) is 1. The summed E-state index contributed by atoms with van der Waals surface area (Å²) in [7, 11) is 0. The third-order valence-electron chi connectivity index (χ3n) is 7.39. The number of nitrogens with zero attached hydrogens (tertiary/aromatic N) is 3. The third-order valence-corrected chi connectivity index (χ3v) is 7.39. The molecule has 0 aliphatic carbocycles. The monoisotopic (exact) mass is 674 g/mol. The second-order valence-corrected chi connectivity index (χ2v) is 11.3. The van der Waals surface area contributed by atoms with Crippen LogP contribution in [0, 0.1) is 20.2 Å². The van der Waals surface area contributed by atoms with Crippen LogP contribution in [-0.2, 0) is 28.9 Å². The highest BCUT2D eigenvalue weighted by molar-refractivity contribution is 5.86. The van der Waals surface area contributed by atoms with Crippen molar-refractivity contribution >= 4 is 17.6 Å². The van der Waals surface area contributed by atoms with Gasteiger partial charge in [-0.15, -0.1) is 0 Å². The number of ketones is 1. The number of allylic oxidation sites excluding steroid dienone is 1. The van der Waals surface area contributed by atoms with E-state index < -0.39 is 16.9 Å². The third kappa shape index (κ3) is 19.3. The quantitative estimate of drug-likeness (QED) is 0.122. The molecule has 1 heterocycles. The number of carbonyl (C=O) groups excluding carboxylic acids is 1. The lowest BCUT2D eigenvalue weighted by Crippen LogP contribution is -2.28. The van der Waals surface area contributed by atoms with Crippen LogP contribution in [0.2, 0.25) is 0 Å². The highest BCUT2D eigenvalue weighted by atomic mass is 16.6. The molecule has 49 heavy (non-hydrogen) atoms. The van der Waals surface area contributed by atoms with Crippen molar-refractivity contribution in [3.8, 4) is 0 Å². The van der Waals surface area contributed by atoms with Crippen molar-refractivity contribution in [3.05, 3.63) is 139 Å². The first-order chi connectivity index (χ1) is 23.5. The van der Waals surface area contributed by atoms with Crippen LogP contribution < -0.4 is 5.73 Å². The maximum atomic E-state index is 11.5. The van der Waals surface area contributed by atoms with Crippen molar-refractivity contribution < 1.29 is 24.5 Å². The van der Waals surface area contributed by atoms with Gasteiger partial charge in [0.1, 0.15) is 5.84 Å². The van der Waals surface area contributed by atoms with Crippen molar-refractivity contribution in [2.24, 2.45) is 10.7 Å². The molecule has 11 heteroatoms. The van der Waals surface area contributed by atoms with Gasteiger partial charge < -0.3 is 10.8 Å². The normalized spacial score (nSPS) is 12.1. The van der Waals surface area contributed by atoms with E-state index in [0.717, 1.165) is 42.6 Å². The Labute approximate surface area is 289 Å². The van der Waals surface area contributed by atoms with Gasteiger partial charge in [-0.05, 0) is 54.4 Å². The van der Waals surface area contributed by atoms with Crippen LogP contribution in [0.3, 0.4) is 0 Å². The van der Waals surface area contributed by atoms with E-state index in [0.29, 0.717) is 19.3 Å². The average Bonchev–Trinajstić information content (AvgIpc) is 3.47. The predicted molar refractivity (Wildman–Crippen MR) is 194 cm³/mol. The number of aliphatic carboxylic acids is 1. The molecule has 1 aliphatic rings. The minimum Gasteiger partial charge on any atom is -0.481 e. The summed E-state index contributed by atoms with van der Waals surface area (Å²) in [5.41, 5.74) is 11.9. The van der Waals surface area contributed by atoms with Crippen molar-refractivity contribution in [2.45, 2.75) is 91.0 Å². The lowest BCUT2D eigenvalue weighted by molar-refractivity contribution is -0.507. The SMILES string of the molecule is CCC(C(=O)CCc1ccccc1)[N+](=O)[O-].CCC1=C(CCc2ccccc2)N=C(N)C1.CCC[N+](=O)[O-].O=C(O)CCc1ccccc1. The summed E-state index contributed by atoms with van der Waals surface area (Å²) in [5.74, 6) is -0.245. The number of aliphatic imine (C=N–C) groups is 1. The van der Waals surface area contributed by atoms with Gasteiger partial charge in [0.2, 0.25) is 12.3 Å². The van der Waals surface area contributed by atoms with E-state index in [1.54, 1.807) is 13.8 Å². The summed E-state index contributed by atoms with van der Waals surface area (Å²) >= 11 is 0. The van der Waals surface area contributed by atoms with Gasteiger partial charge in [0.05, 0.1) is 0 Å². The Morgan fingerprint density at radius 2 is 1.24 bits per heavy atom. The van der Waals surface area contributed by atoms with Crippen LogP contribution in [0.5, 0.6) is 0 Å². The maximum absolute atomic E-state index is 11.5. The summed E-state index contributed by atoms with van der Waals surface area (Å²) in [4.78, 5) is 45.3. The molecule has 0 saturated heterocycles. The summed E-state index contributed by atoms with van der Waals surface area (Å²) in [6.45, 7) is 5.71. The lowest BCUT2D eigenvalue weighted by Gasteiger charge is -2.05. The number of hydrogen-bond acceptors (Lipinski definition) is 8. The fourth-order valence-corrected chi connectivity index (χ4v) is 4.73. The molecule has 0 saturated carbocycles. The van der Waals surface area contributed by atoms with E-state index in [2.05, 4.69) is 36.2 Å². The molecular weight excluding hydrogens is 624 g/mol. The Morgan fingerprint density at radius 1 is 0.776 bits per heavy atom. The van der Waals surface area contributed by atoms with Crippen molar-refractivity contribution in [1.82, 2.24) is 0 Å². The first-order valence-corrected chi connectivity index (χ1v) is 16.7. The topological polar surface area (TPSA) is 179 Å². The number of carbonyl (C=O) groups is 2. The molecule has 3 aromatic carbocycles. The van der Waals surface area contributed by atoms with Gasteiger partial charge in [-0.1, -0.05) is 112 Å². The second kappa shape index (κ2) is 24.9. The lowest BCUT2D eigenvalue weighted by atomic mass is 10.0. The predicted octanol–water partition coefficient (Wildman–Crippen LogP) is 7.66. The van der Waals surface area contributed by atoms with Gasteiger partial charge in [-0.2, -0.15) is 0 Å². The zero-order valence-electron chi connectivity index (χ0n) is 28.8. The molecular formula is C38H50N4O7. The fraction of sp³-hybridized carbons (Fsp3) is 0.395. The Bertz CT molecular complexity index is 1480. The minimum atomic E-state index is -1.04. The van der Waals surface area contributed by atoms with Crippen LogP contribution in [0.25, 0.3) is 0 Å². The second-order valence-electron chi connectivity index (χ2n) is 11.3. The smallest absolute Gasteiger partial charge is 0.303 e. The van der Waals surface area contributed by atoms with E-state index in [1.165, 1.54) is 16.8 Å². The van der Waals surface area contributed by atoms with Gasteiger partial charge in [-0.25, -0.2) is 4.99 Å². The molecule has 0 fully saturated rings. The molecule has 1 unspecified atom stereocenters. The molecule has 1 atom stereocenters. The zero-order chi connectivity index (χ0) is 36.4. The van der Waals surface area contributed by atoms with E-state index in [4.69, 9.17) is 10.8 Å². The van der Waals surface area contributed by atoms with Gasteiger partial charge in [0.15, 0.2) is 0 Å². The number of rotatable bonds is 15. The van der Waals surface area contributed by atoms with Crippen LogP contribution in [0.1, 0.15) is 82.4 Å². The molecule has 3 aromatic rings. The van der Waals surface area contributed by atoms with Crippen LogP contribution in [-0.4, -0.2) is 45.1 Å². The molecule has 11 nitrogen and oxygen atoms in total. The molecule has 264 valence electrons. The Balaban J connectivity index is 0.000000344. The van der Waals surface area contributed by atoms with Gasteiger partial charge in [-0.3, -0.25) is 29.8 Å².